The van der Waals surface area contributed by atoms with Gasteiger partial charge in [0.1, 0.15) is 0 Å². The van der Waals surface area contributed by atoms with Gasteiger partial charge in [-0.2, -0.15) is 0 Å². The minimum Gasteiger partial charge on any atom is -0.493 e. The van der Waals surface area contributed by atoms with Gasteiger partial charge in [-0.15, -0.1) is 4.83 Å². The molecule has 2 aromatic carbocycles. The molecule has 0 atom stereocenters. The van der Waals surface area contributed by atoms with Gasteiger partial charge in [-0.1, -0.05) is 0 Å². The Bertz CT molecular complexity index is 919. The number of sulfonamides is 1. The van der Waals surface area contributed by atoms with Crippen molar-refractivity contribution in [3.05, 3.63) is 53.6 Å². The molecule has 0 saturated heterocycles. The van der Waals surface area contributed by atoms with Gasteiger partial charge in [-0.25, -0.2) is 17.2 Å². The molecular weight excluding hydrogens is 370 g/mol. The fraction of sp³-hybridized carbons (Fsp3) is 0.188. The zero-order valence-corrected chi connectivity index (χ0v) is 14.7. The van der Waals surface area contributed by atoms with E-state index in [2.05, 4.69) is 0 Å². The van der Waals surface area contributed by atoms with E-state index in [1.165, 1.54) is 25.3 Å². The third-order valence-electron chi connectivity index (χ3n) is 3.23. The average molecular weight is 386 g/mol. The van der Waals surface area contributed by atoms with E-state index in [-0.39, 0.29) is 5.56 Å². The minimum atomic E-state index is -4.28. The molecule has 2 N–H and O–H groups in total. The molecule has 0 aliphatic heterocycles. The van der Waals surface area contributed by atoms with Crippen molar-refractivity contribution in [1.82, 2.24) is 10.3 Å². The lowest BCUT2D eigenvalue weighted by Gasteiger charge is -2.12. The van der Waals surface area contributed by atoms with Crippen LogP contribution in [0.4, 0.5) is 8.78 Å². The third-order valence-corrected chi connectivity index (χ3v) is 4.47. The summed E-state index contributed by atoms with van der Waals surface area (Å²) >= 11 is 0. The second-order valence-electron chi connectivity index (χ2n) is 4.93. The van der Waals surface area contributed by atoms with Crippen molar-refractivity contribution in [2.75, 3.05) is 13.7 Å². The van der Waals surface area contributed by atoms with E-state index < -0.39 is 32.5 Å². The Balaban J connectivity index is 2.13. The zero-order chi connectivity index (χ0) is 19.3. The maximum atomic E-state index is 13.2. The van der Waals surface area contributed by atoms with Crippen LogP contribution in [0, 0.1) is 11.6 Å². The molecule has 7 nitrogen and oxygen atoms in total. The highest BCUT2D eigenvalue weighted by Crippen LogP contribution is 2.28. The zero-order valence-electron chi connectivity index (χ0n) is 13.9. The number of benzene rings is 2. The van der Waals surface area contributed by atoms with Crippen LogP contribution in [-0.2, 0) is 10.0 Å². The molecule has 140 valence electrons. The molecular formula is C16H16F2N2O5S. The van der Waals surface area contributed by atoms with Crippen molar-refractivity contribution < 1.29 is 31.5 Å². The van der Waals surface area contributed by atoms with Crippen molar-refractivity contribution in [2.45, 2.75) is 11.8 Å². The number of carbonyl (C=O) groups excluding carboxylic acids is 1. The van der Waals surface area contributed by atoms with Crippen LogP contribution in [0.1, 0.15) is 17.3 Å². The molecule has 0 heterocycles. The van der Waals surface area contributed by atoms with E-state index in [9.17, 15) is 22.0 Å². The molecule has 0 spiro atoms. The largest absolute Gasteiger partial charge is 0.493 e. The first-order valence-corrected chi connectivity index (χ1v) is 8.85. The summed E-state index contributed by atoms with van der Waals surface area (Å²) < 4.78 is 60.6. The van der Waals surface area contributed by atoms with Crippen LogP contribution in [0.3, 0.4) is 0 Å². The van der Waals surface area contributed by atoms with Crippen molar-refractivity contribution in [1.29, 1.82) is 0 Å². The van der Waals surface area contributed by atoms with Gasteiger partial charge in [0.2, 0.25) is 0 Å². The number of halogens is 2. The van der Waals surface area contributed by atoms with Crippen LogP contribution < -0.4 is 19.7 Å². The van der Waals surface area contributed by atoms with Gasteiger partial charge in [-0.3, -0.25) is 10.2 Å². The molecule has 0 aliphatic carbocycles. The highest BCUT2D eigenvalue weighted by atomic mass is 32.2. The van der Waals surface area contributed by atoms with Gasteiger partial charge in [0.05, 0.1) is 18.6 Å². The molecule has 26 heavy (non-hydrogen) atoms. The Morgan fingerprint density at radius 1 is 1.08 bits per heavy atom. The highest BCUT2D eigenvalue weighted by molar-refractivity contribution is 7.89. The quantitative estimate of drug-likeness (QED) is 0.710. The summed E-state index contributed by atoms with van der Waals surface area (Å²) in [6.45, 7) is 2.18. The number of ether oxygens (including phenoxy) is 2. The predicted molar refractivity (Wildman–Crippen MR) is 88.3 cm³/mol. The van der Waals surface area contributed by atoms with Crippen LogP contribution in [0.2, 0.25) is 0 Å². The molecule has 2 rings (SSSR count). The monoisotopic (exact) mass is 386 g/mol. The topological polar surface area (TPSA) is 93.7 Å². The van der Waals surface area contributed by atoms with E-state index in [0.717, 1.165) is 6.07 Å². The number of rotatable bonds is 7. The van der Waals surface area contributed by atoms with Crippen molar-refractivity contribution in [2.24, 2.45) is 0 Å². The van der Waals surface area contributed by atoms with Gasteiger partial charge >= 0.3 is 0 Å². The number of methoxy groups -OCH3 is 1. The lowest BCUT2D eigenvalue weighted by Crippen LogP contribution is -2.41. The van der Waals surface area contributed by atoms with Crippen LogP contribution >= 0.6 is 0 Å². The fourth-order valence-corrected chi connectivity index (χ4v) is 2.82. The molecule has 0 saturated carbocycles. The molecule has 0 bridgehead atoms. The Hall–Kier alpha value is -2.72. The molecule has 1 amide bonds. The van der Waals surface area contributed by atoms with Gasteiger partial charge in [0, 0.05) is 5.56 Å². The summed E-state index contributed by atoms with van der Waals surface area (Å²) in [6.07, 6.45) is 0. The molecule has 10 heteroatoms. The summed E-state index contributed by atoms with van der Waals surface area (Å²) in [7, 11) is -2.89. The Labute approximate surface area is 148 Å². The van der Waals surface area contributed by atoms with Crippen LogP contribution in [0.15, 0.2) is 41.3 Å². The first kappa shape index (κ1) is 19.6. The van der Waals surface area contributed by atoms with E-state index in [1.807, 2.05) is 10.3 Å². The van der Waals surface area contributed by atoms with Gasteiger partial charge in [-0.05, 0) is 43.3 Å². The maximum Gasteiger partial charge on any atom is 0.266 e. The molecule has 2 aromatic rings. The number of hydrogen-bond donors (Lipinski definition) is 2. The number of carbonyl (C=O) groups is 1. The van der Waals surface area contributed by atoms with E-state index in [0.29, 0.717) is 30.2 Å². The Morgan fingerprint density at radius 2 is 1.81 bits per heavy atom. The molecule has 0 fully saturated rings. The highest BCUT2D eigenvalue weighted by Gasteiger charge is 2.18. The van der Waals surface area contributed by atoms with Gasteiger partial charge in [0.15, 0.2) is 23.1 Å². The summed E-state index contributed by atoms with van der Waals surface area (Å²) in [6, 6.07) is 6.32. The lowest BCUT2D eigenvalue weighted by atomic mass is 10.2. The lowest BCUT2D eigenvalue weighted by molar-refractivity contribution is 0.0944. The predicted octanol–water partition coefficient (Wildman–Crippen LogP) is 2.00. The van der Waals surface area contributed by atoms with Crippen LogP contribution in [0.25, 0.3) is 0 Å². The first-order chi connectivity index (χ1) is 12.3. The number of nitrogens with one attached hydrogen (secondary N) is 2. The summed E-state index contributed by atoms with van der Waals surface area (Å²) in [5.74, 6) is -2.57. The van der Waals surface area contributed by atoms with Crippen molar-refractivity contribution in [3.8, 4) is 11.5 Å². The van der Waals surface area contributed by atoms with Gasteiger partial charge < -0.3 is 9.47 Å². The molecule has 0 aromatic heterocycles. The number of amides is 1. The summed E-state index contributed by atoms with van der Waals surface area (Å²) in [4.78, 5) is 13.4. The SMILES string of the molecule is CCOc1ccc(C(=O)NNS(=O)(=O)c2ccc(F)c(F)c2)cc1OC. The van der Waals surface area contributed by atoms with E-state index in [4.69, 9.17) is 9.47 Å². The fourth-order valence-electron chi connectivity index (χ4n) is 1.97. The normalized spacial score (nSPS) is 11.1. The maximum absolute atomic E-state index is 13.2. The van der Waals surface area contributed by atoms with Crippen LogP contribution in [-0.4, -0.2) is 28.0 Å². The molecule has 0 aliphatic rings. The molecule has 0 radical (unpaired) electrons. The van der Waals surface area contributed by atoms with E-state index in [1.54, 1.807) is 6.92 Å². The second kappa shape index (κ2) is 8.11. The average Bonchev–Trinajstić information content (AvgIpc) is 2.62. The summed E-state index contributed by atoms with van der Waals surface area (Å²) in [5, 5.41) is 0. The van der Waals surface area contributed by atoms with E-state index >= 15 is 0 Å². The van der Waals surface area contributed by atoms with Crippen LogP contribution in [0.5, 0.6) is 11.5 Å². The first-order valence-electron chi connectivity index (χ1n) is 7.36. The molecule has 0 unspecified atom stereocenters. The Kier molecular flexibility index (Phi) is 6.11. The number of hydrogen-bond acceptors (Lipinski definition) is 5. The second-order valence-corrected chi connectivity index (χ2v) is 6.62. The summed E-state index contributed by atoms with van der Waals surface area (Å²) in [5.41, 5.74) is 2.08. The smallest absolute Gasteiger partial charge is 0.266 e. The van der Waals surface area contributed by atoms with Gasteiger partial charge in [0.25, 0.3) is 15.9 Å². The third kappa shape index (κ3) is 4.46. The minimum absolute atomic E-state index is 0.0956. The number of hydrazine groups is 1. The Morgan fingerprint density at radius 3 is 2.42 bits per heavy atom. The van der Waals surface area contributed by atoms with Crippen molar-refractivity contribution in [3.63, 3.8) is 0 Å². The van der Waals surface area contributed by atoms with Crippen molar-refractivity contribution >= 4 is 15.9 Å². The standard InChI is InChI=1S/C16H16F2N2O5S/c1-3-25-14-7-4-10(8-15(14)24-2)16(21)19-20-26(22,23)11-5-6-12(17)13(18)9-11/h4-9,20H,3H2,1-2H3,(H,19,21).